The number of piperidine rings is 1. The Balaban J connectivity index is 1.71. The molecule has 1 fully saturated rings. The van der Waals surface area contributed by atoms with Crippen LogP contribution in [0.4, 0.5) is 10.1 Å². The van der Waals surface area contributed by atoms with Crippen LogP contribution >= 0.6 is 0 Å². The molecule has 1 aliphatic heterocycles. The largest absolute Gasteiger partial charge is 0.490 e. The van der Waals surface area contributed by atoms with Gasteiger partial charge in [0.25, 0.3) is 0 Å². The van der Waals surface area contributed by atoms with Gasteiger partial charge in [-0.15, -0.1) is 0 Å². The van der Waals surface area contributed by atoms with Crippen LogP contribution in [-0.2, 0) is 10.0 Å². The van der Waals surface area contributed by atoms with Crippen molar-refractivity contribution in [1.82, 2.24) is 4.90 Å². The van der Waals surface area contributed by atoms with E-state index in [-0.39, 0.29) is 29.8 Å². The number of halogens is 1. The number of likely N-dealkylation sites (tertiary alicyclic amines) is 1. The summed E-state index contributed by atoms with van der Waals surface area (Å²) in [5, 5.41) is 15.2. The average molecular weight is 502 g/mol. The van der Waals surface area contributed by atoms with Gasteiger partial charge in [0.1, 0.15) is 23.5 Å². The van der Waals surface area contributed by atoms with Crippen molar-refractivity contribution in [1.29, 1.82) is 10.8 Å². The van der Waals surface area contributed by atoms with Crippen LogP contribution in [0.25, 0.3) is 6.08 Å². The zero-order valence-electron chi connectivity index (χ0n) is 20.0. The summed E-state index contributed by atoms with van der Waals surface area (Å²) in [6, 6.07) is 11.0. The Morgan fingerprint density at radius 2 is 1.86 bits per heavy atom. The van der Waals surface area contributed by atoms with Crippen molar-refractivity contribution in [3.8, 4) is 5.75 Å². The minimum Gasteiger partial charge on any atom is -0.490 e. The first-order valence-corrected chi connectivity index (χ1v) is 13.1. The van der Waals surface area contributed by atoms with E-state index in [1.54, 1.807) is 44.2 Å². The van der Waals surface area contributed by atoms with Crippen LogP contribution in [0.5, 0.6) is 5.75 Å². The predicted molar refractivity (Wildman–Crippen MR) is 138 cm³/mol. The molecule has 0 spiro atoms. The summed E-state index contributed by atoms with van der Waals surface area (Å²) in [6.45, 7) is 4.93. The summed E-state index contributed by atoms with van der Waals surface area (Å²) < 4.78 is 47.0. The van der Waals surface area contributed by atoms with Crippen LogP contribution in [-0.4, -0.2) is 56.5 Å². The van der Waals surface area contributed by atoms with E-state index >= 15 is 0 Å². The monoisotopic (exact) mass is 501 g/mol. The van der Waals surface area contributed by atoms with Gasteiger partial charge in [-0.1, -0.05) is 12.2 Å². The van der Waals surface area contributed by atoms with Gasteiger partial charge in [0.15, 0.2) is 0 Å². The Morgan fingerprint density at radius 3 is 2.43 bits per heavy atom. The van der Waals surface area contributed by atoms with Gasteiger partial charge in [0.05, 0.1) is 23.8 Å². The second kappa shape index (κ2) is 11.4. The number of benzene rings is 2. The molecule has 0 atom stereocenters. The van der Waals surface area contributed by atoms with Crippen molar-refractivity contribution in [2.75, 3.05) is 29.7 Å². The van der Waals surface area contributed by atoms with Gasteiger partial charge >= 0.3 is 0 Å². The molecule has 2 aromatic carbocycles. The molecule has 0 aromatic heterocycles. The Morgan fingerprint density at radius 1 is 1.20 bits per heavy atom. The summed E-state index contributed by atoms with van der Waals surface area (Å²) >= 11 is 0. The first-order chi connectivity index (χ1) is 16.6. The van der Waals surface area contributed by atoms with Crippen LogP contribution in [0.2, 0.25) is 0 Å². The maximum atomic E-state index is 14.2. The SMILES string of the molecule is CCS(=O)(=O)N(C/C=C/c1cc(C(=N)N)ccc1F)c1ccc(OC2CCN(C(C)=N)CC2)cc1. The van der Waals surface area contributed by atoms with Crippen molar-refractivity contribution >= 4 is 33.5 Å². The second-order valence-corrected chi connectivity index (χ2v) is 10.5. The number of nitrogen functional groups attached to an aromatic ring is 1. The quantitative estimate of drug-likeness (QED) is 0.356. The molecular weight excluding hydrogens is 469 g/mol. The molecule has 0 radical (unpaired) electrons. The predicted octanol–water partition coefficient (Wildman–Crippen LogP) is 3.82. The van der Waals surface area contributed by atoms with E-state index in [1.807, 2.05) is 4.90 Å². The molecule has 0 bridgehead atoms. The van der Waals surface area contributed by atoms with Crippen LogP contribution in [0.1, 0.15) is 37.8 Å². The van der Waals surface area contributed by atoms with E-state index in [0.29, 0.717) is 22.8 Å². The number of hydrogen-bond acceptors (Lipinski definition) is 5. The Kier molecular flexibility index (Phi) is 8.50. The van der Waals surface area contributed by atoms with Crippen molar-refractivity contribution in [2.45, 2.75) is 32.8 Å². The zero-order valence-corrected chi connectivity index (χ0v) is 20.8. The summed E-state index contributed by atoms with van der Waals surface area (Å²) in [5.74, 6) is 0.476. The van der Waals surface area contributed by atoms with Crippen LogP contribution in [0, 0.1) is 16.6 Å². The third-order valence-corrected chi connectivity index (χ3v) is 7.68. The van der Waals surface area contributed by atoms with E-state index in [4.69, 9.17) is 21.3 Å². The van der Waals surface area contributed by atoms with Gasteiger partial charge in [-0.2, -0.15) is 0 Å². The van der Waals surface area contributed by atoms with Crippen LogP contribution in [0.3, 0.4) is 0 Å². The summed E-state index contributed by atoms with van der Waals surface area (Å²) in [7, 11) is -3.59. The van der Waals surface area contributed by atoms with E-state index < -0.39 is 15.8 Å². The first kappa shape index (κ1) is 26.2. The number of amidine groups is 2. The second-order valence-electron chi connectivity index (χ2n) is 8.37. The van der Waals surface area contributed by atoms with Crippen molar-refractivity contribution in [2.24, 2.45) is 5.73 Å². The summed E-state index contributed by atoms with van der Waals surface area (Å²) in [5.41, 5.74) is 6.57. The van der Waals surface area contributed by atoms with Crippen molar-refractivity contribution < 1.29 is 17.5 Å². The number of sulfonamides is 1. The van der Waals surface area contributed by atoms with E-state index in [0.717, 1.165) is 25.9 Å². The molecule has 3 rings (SSSR count). The average Bonchev–Trinajstić information content (AvgIpc) is 2.83. The third kappa shape index (κ3) is 6.82. The van der Waals surface area contributed by atoms with E-state index in [1.165, 1.54) is 28.6 Å². The van der Waals surface area contributed by atoms with Gasteiger partial charge in [0.2, 0.25) is 10.0 Å². The van der Waals surface area contributed by atoms with Crippen LogP contribution in [0.15, 0.2) is 48.5 Å². The first-order valence-electron chi connectivity index (χ1n) is 11.5. The molecule has 0 aliphatic carbocycles. The highest BCUT2D eigenvalue weighted by atomic mass is 32.2. The lowest BCUT2D eigenvalue weighted by molar-refractivity contribution is 0.130. The molecule has 1 aliphatic rings. The van der Waals surface area contributed by atoms with Gasteiger partial charge in [-0.05, 0) is 56.3 Å². The molecule has 4 N–H and O–H groups in total. The Hall–Kier alpha value is -3.40. The normalized spacial score (nSPS) is 14.8. The smallest absolute Gasteiger partial charge is 0.235 e. The van der Waals surface area contributed by atoms with Crippen LogP contribution < -0.4 is 14.8 Å². The topological polar surface area (TPSA) is 124 Å². The fourth-order valence-electron chi connectivity index (χ4n) is 3.84. The lowest BCUT2D eigenvalue weighted by Crippen LogP contribution is -2.40. The number of nitrogens with one attached hydrogen (secondary N) is 2. The lowest BCUT2D eigenvalue weighted by atomic mass is 10.1. The molecule has 2 aromatic rings. The fourth-order valence-corrected chi connectivity index (χ4v) is 4.91. The number of hydrogen-bond donors (Lipinski definition) is 3. The van der Waals surface area contributed by atoms with Gasteiger partial charge in [-0.3, -0.25) is 15.1 Å². The highest BCUT2D eigenvalue weighted by Gasteiger charge is 2.22. The molecule has 0 amide bonds. The number of nitrogens with two attached hydrogens (primary N) is 1. The van der Waals surface area contributed by atoms with Crippen molar-refractivity contribution in [3.05, 3.63) is 65.5 Å². The van der Waals surface area contributed by atoms with Crippen molar-refractivity contribution in [3.63, 3.8) is 0 Å². The maximum Gasteiger partial charge on any atom is 0.235 e. The number of rotatable bonds is 9. The molecule has 8 nitrogen and oxygen atoms in total. The highest BCUT2D eigenvalue weighted by Crippen LogP contribution is 2.25. The third-order valence-electron chi connectivity index (χ3n) is 5.92. The standard InChI is InChI=1S/C25H32FN5O3S/c1-3-35(32,33)31(14-4-5-19-17-20(25(28)29)6-11-24(19)26)21-7-9-22(10-8-21)34-23-12-15-30(16-13-23)18(2)27/h4-11,17,23,27H,3,12-16H2,1-2H3,(H3,28,29)/b5-4+,27-18?. The summed E-state index contributed by atoms with van der Waals surface area (Å²) in [4.78, 5) is 2.02. The molecule has 1 saturated heterocycles. The highest BCUT2D eigenvalue weighted by molar-refractivity contribution is 7.92. The molecule has 1 heterocycles. The van der Waals surface area contributed by atoms with E-state index in [9.17, 15) is 12.8 Å². The molecule has 0 saturated carbocycles. The van der Waals surface area contributed by atoms with E-state index in [2.05, 4.69) is 0 Å². The summed E-state index contributed by atoms with van der Waals surface area (Å²) in [6.07, 6.45) is 4.75. The number of ether oxygens (including phenoxy) is 1. The zero-order chi connectivity index (χ0) is 25.6. The number of anilines is 1. The molecule has 0 unspecified atom stereocenters. The maximum absolute atomic E-state index is 14.2. The number of nitrogens with zero attached hydrogens (tertiary/aromatic N) is 2. The Bertz CT molecular complexity index is 1190. The molecular formula is C25H32FN5O3S. The Labute approximate surface area is 206 Å². The van der Waals surface area contributed by atoms with Gasteiger partial charge < -0.3 is 15.4 Å². The lowest BCUT2D eigenvalue weighted by Gasteiger charge is -2.32. The fraction of sp³-hybridized carbons (Fsp3) is 0.360. The molecule has 188 valence electrons. The molecule has 10 heteroatoms. The van der Waals surface area contributed by atoms with Gasteiger partial charge in [-0.25, -0.2) is 12.8 Å². The van der Waals surface area contributed by atoms with Gasteiger partial charge in [0, 0.05) is 37.1 Å². The minimum absolute atomic E-state index is 0.0154. The minimum atomic E-state index is -3.59. The molecule has 35 heavy (non-hydrogen) atoms.